The van der Waals surface area contributed by atoms with Crippen molar-refractivity contribution in [3.8, 4) is 0 Å². The van der Waals surface area contributed by atoms with E-state index >= 15 is 0 Å². The van der Waals surface area contributed by atoms with E-state index in [1.807, 2.05) is 63.2 Å². The summed E-state index contributed by atoms with van der Waals surface area (Å²) >= 11 is 0. The van der Waals surface area contributed by atoms with Crippen molar-refractivity contribution >= 4 is 11.8 Å². The van der Waals surface area contributed by atoms with Crippen LogP contribution in [0.1, 0.15) is 53.4 Å². The minimum atomic E-state index is -0.602. The highest BCUT2D eigenvalue weighted by molar-refractivity contribution is 6.04. The predicted octanol–water partition coefficient (Wildman–Crippen LogP) is 3.62. The quantitative estimate of drug-likeness (QED) is 0.712. The maximum Gasteiger partial charge on any atom is 0.255 e. The van der Waals surface area contributed by atoms with Crippen molar-refractivity contribution in [1.29, 1.82) is 0 Å². The molecule has 1 heterocycles. The second-order valence-corrected chi connectivity index (χ2v) is 7.41. The Labute approximate surface area is 166 Å². The van der Waals surface area contributed by atoms with Gasteiger partial charge in [-0.1, -0.05) is 42.5 Å². The SMILES string of the molecule is Cc1ccccc1CN1C(=O)c2ccccc2[C@@H]1C(=O)NCCCOC(C)C. The molecule has 1 N–H and O–H groups in total. The Balaban J connectivity index is 1.75. The highest BCUT2D eigenvalue weighted by Crippen LogP contribution is 2.35. The molecule has 2 aromatic rings. The second kappa shape index (κ2) is 9.02. The first-order chi connectivity index (χ1) is 13.5. The van der Waals surface area contributed by atoms with Gasteiger partial charge in [-0.2, -0.15) is 0 Å². The Morgan fingerprint density at radius 3 is 2.61 bits per heavy atom. The monoisotopic (exact) mass is 380 g/mol. The van der Waals surface area contributed by atoms with Crippen LogP contribution in [0.25, 0.3) is 0 Å². The van der Waals surface area contributed by atoms with Crippen LogP contribution in [0.3, 0.4) is 0 Å². The number of nitrogens with zero attached hydrogens (tertiary/aromatic N) is 1. The molecule has 1 atom stereocenters. The highest BCUT2D eigenvalue weighted by Gasteiger charge is 2.40. The summed E-state index contributed by atoms with van der Waals surface area (Å²) in [5, 5.41) is 2.98. The van der Waals surface area contributed by atoms with Crippen molar-refractivity contribution in [2.45, 2.75) is 45.9 Å². The number of ether oxygens (including phenoxy) is 1. The number of carbonyl (C=O) groups is 2. The average Bonchev–Trinajstić information content (AvgIpc) is 2.95. The number of fused-ring (bicyclic) bond motifs is 1. The maximum absolute atomic E-state index is 13.0. The van der Waals surface area contributed by atoms with E-state index in [-0.39, 0.29) is 17.9 Å². The number of hydrogen-bond donors (Lipinski definition) is 1. The van der Waals surface area contributed by atoms with E-state index in [0.717, 1.165) is 23.1 Å². The smallest absolute Gasteiger partial charge is 0.255 e. The molecule has 3 rings (SSSR count). The third-order valence-electron chi connectivity index (χ3n) is 4.98. The van der Waals surface area contributed by atoms with Crippen LogP contribution in [0.15, 0.2) is 48.5 Å². The molecule has 0 saturated heterocycles. The zero-order valence-electron chi connectivity index (χ0n) is 16.8. The summed E-state index contributed by atoms with van der Waals surface area (Å²) in [6.45, 7) is 7.54. The first-order valence-electron chi connectivity index (χ1n) is 9.82. The molecule has 0 saturated carbocycles. The minimum absolute atomic E-state index is 0.0952. The van der Waals surface area contributed by atoms with E-state index in [2.05, 4.69) is 5.32 Å². The molecule has 5 nitrogen and oxygen atoms in total. The molecule has 0 aliphatic carbocycles. The van der Waals surface area contributed by atoms with Crippen LogP contribution in [-0.4, -0.2) is 36.0 Å². The molecule has 5 heteroatoms. The number of aryl methyl sites for hydroxylation is 1. The molecule has 0 unspecified atom stereocenters. The van der Waals surface area contributed by atoms with Crippen LogP contribution in [0.4, 0.5) is 0 Å². The summed E-state index contributed by atoms with van der Waals surface area (Å²) in [5.74, 6) is -0.237. The lowest BCUT2D eigenvalue weighted by Crippen LogP contribution is -2.39. The van der Waals surface area contributed by atoms with E-state index in [0.29, 0.717) is 25.3 Å². The molecular formula is C23H28N2O3. The van der Waals surface area contributed by atoms with Gasteiger partial charge in [0, 0.05) is 25.3 Å². The van der Waals surface area contributed by atoms with Crippen molar-refractivity contribution in [2.75, 3.05) is 13.2 Å². The lowest BCUT2D eigenvalue weighted by molar-refractivity contribution is -0.125. The fourth-order valence-electron chi connectivity index (χ4n) is 3.49. The van der Waals surface area contributed by atoms with E-state index in [9.17, 15) is 9.59 Å². The maximum atomic E-state index is 13.0. The molecule has 1 aliphatic heterocycles. The zero-order chi connectivity index (χ0) is 20.1. The van der Waals surface area contributed by atoms with Gasteiger partial charge in [0.15, 0.2) is 0 Å². The molecule has 2 aromatic carbocycles. The number of benzene rings is 2. The normalized spacial score (nSPS) is 15.8. The van der Waals surface area contributed by atoms with Gasteiger partial charge in [-0.3, -0.25) is 9.59 Å². The molecule has 0 radical (unpaired) electrons. The Morgan fingerprint density at radius 2 is 1.86 bits per heavy atom. The fraction of sp³-hybridized carbons (Fsp3) is 0.391. The lowest BCUT2D eigenvalue weighted by Gasteiger charge is -2.25. The lowest BCUT2D eigenvalue weighted by atomic mass is 10.0. The number of carbonyl (C=O) groups excluding carboxylic acids is 2. The molecule has 0 aromatic heterocycles. The Bertz CT molecular complexity index is 847. The van der Waals surface area contributed by atoms with Gasteiger partial charge in [-0.05, 0) is 49.9 Å². The van der Waals surface area contributed by atoms with E-state index < -0.39 is 6.04 Å². The first-order valence-corrected chi connectivity index (χ1v) is 9.82. The summed E-state index contributed by atoms with van der Waals surface area (Å²) < 4.78 is 5.52. The number of rotatable bonds is 8. The van der Waals surface area contributed by atoms with Crippen LogP contribution < -0.4 is 5.32 Å². The summed E-state index contributed by atoms with van der Waals surface area (Å²) in [6, 6.07) is 14.7. The zero-order valence-corrected chi connectivity index (χ0v) is 16.8. The van der Waals surface area contributed by atoms with Gasteiger partial charge in [0.05, 0.1) is 6.10 Å². The van der Waals surface area contributed by atoms with Gasteiger partial charge in [-0.25, -0.2) is 0 Å². The molecule has 148 valence electrons. The minimum Gasteiger partial charge on any atom is -0.379 e. The van der Waals surface area contributed by atoms with Gasteiger partial charge < -0.3 is 15.0 Å². The molecule has 0 spiro atoms. The van der Waals surface area contributed by atoms with Crippen molar-refractivity contribution < 1.29 is 14.3 Å². The standard InChI is InChI=1S/C23H28N2O3/c1-16(2)28-14-8-13-24-22(26)21-19-11-6-7-12-20(19)23(27)25(21)15-18-10-5-4-9-17(18)3/h4-7,9-12,16,21H,8,13-15H2,1-3H3,(H,24,26)/t21-/m1/s1. The van der Waals surface area contributed by atoms with Gasteiger partial charge in [0.2, 0.25) is 5.91 Å². The fourth-order valence-corrected chi connectivity index (χ4v) is 3.49. The van der Waals surface area contributed by atoms with Gasteiger partial charge in [-0.15, -0.1) is 0 Å². The van der Waals surface area contributed by atoms with Crippen molar-refractivity contribution in [3.05, 3.63) is 70.8 Å². The Kier molecular flexibility index (Phi) is 6.47. The van der Waals surface area contributed by atoms with Crippen LogP contribution in [-0.2, 0) is 16.1 Å². The Hall–Kier alpha value is -2.66. The second-order valence-electron chi connectivity index (χ2n) is 7.41. The summed E-state index contributed by atoms with van der Waals surface area (Å²) in [4.78, 5) is 27.7. The first kappa shape index (κ1) is 20.1. The van der Waals surface area contributed by atoms with Gasteiger partial charge in [0.25, 0.3) is 5.91 Å². The van der Waals surface area contributed by atoms with E-state index in [4.69, 9.17) is 4.74 Å². The molecule has 0 bridgehead atoms. The summed E-state index contributed by atoms with van der Waals surface area (Å²) in [6.07, 6.45) is 0.920. The van der Waals surface area contributed by atoms with Gasteiger partial charge in [0.1, 0.15) is 6.04 Å². The van der Waals surface area contributed by atoms with Crippen LogP contribution in [0.2, 0.25) is 0 Å². The molecule has 2 amide bonds. The number of hydrogen-bond acceptors (Lipinski definition) is 3. The third kappa shape index (κ3) is 4.42. The van der Waals surface area contributed by atoms with Gasteiger partial charge >= 0.3 is 0 Å². The van der Waals surface area contributed by atoms with Crippen LogP contribution >= 0.6 is 0 Å². The van der Waals surface area contributed by atoms with E-state index in [1.165, 1.54) is 0 Å². The molecule has 28 heavy (non-hydrogen) atoms. The third-order valence-corrected chi connectivity index (χ3v) is 4.98. The molecule has 0 fully saturated rings. The van der Waals surface area contributed by atoms with Crippen LogP contribution in [0, 0.1) is 6.92 Å². The highest BCUT2D eigenvalue weighted by atomic mass is 16.5. The molecular weight excluding hydrogens is 352 g/mol. The molecule has 1 aliphatic rings. The van der Waals surface area contributed by atoms with Crippen molar-refractivity contribution in [2.24, 2.45) is 0 Å². The topological polar surface area (TPSA) is 58.6 Å². The van der Waals surface area contributed by atoms with Crippen molar-refractivity contribution in [1.82, 2.24) is 10.2 Å². The van der Waals surface area contributed by atoms with E-state index in [1.54, 1.807) is 11.0 Å². The Morgan fingerprint density at radius 1 is 1.14 bits per heavy atom. The van der Waals surface area contributed by atoms with Crippen LogP contribution in [0.5, 0.6) is 0 Å². The summed E-state index contributed by atoms with van der Waals surface area (Å²) in [5.41, 5.74) is 3.54. The average molecular weight is 380 g/mol. The number of amides is 2. The number of nitrogens with one attached hydrogen (secondary N) is 1. The summed E-state index contributed by atoms with van der Waals surface area (Å²) in [7, 11) is 0. The largest absolute Gasteiger partial charge is 0.379 e. The predicted molar refractivity (Wildman–Crippen MR) is 109 cm³/mol. The van der Waals surface area contributed by atoms with Crippen molar-refractivity contribution in [3.63, 3.8) is 0 Å².